The third kappa shape index (κ3) is 3.86. The van der Waals surface area contributed by atoms with E-state index in [0.29, 0.717) is 5.69 Å². The zero-order chi connectivity index (χ0) is 22.4. The molecule has 7 nitrogen and oxygen atoms in total. The molecule has 1 N–H and O–H groups in total. The topological polar surface area (TPSA) is 92.8 Å². The van der Waals surface area contributed by atoms with Crippen LogP contribution in [0.1, 0.15) is 44.2 Å². The maximum atomic E-state index is 13.1. The van der Waals surface area contributed by atoms with Crippen molar-refractivity contribution in [3.8, 4) is 0 Å². The number of ether oxygens (including phenoxy) is 1. The van der Waals surface area contributed by atoms with Gasteiger partial charge in [0.1, 0.15) is 6.04 Å². The summed E-state index contributed by atoms with van der Waals surface area (Å²) in [7, 11) is 0. The van der Waals surface area contributed by atoms with Crippen molar-refractivity contribution in [1.29, 1.82) is 0 Å². The van der Waals surface area contributed by atoms with Crippen molar-refractivity contribution in [1.82, 2.24) is 4.90 Å². The zero-order valence-corrected chi connectivity index (χ0v) is 18.5. The number of imide groups is 1. The lowest BCUT2D eigenvalue weighted by atomic mass is 9.81. The van der Waals surface area contributed by atoms with E-state index in [9.17, 15) is 19.2 Å². The first-order chi connectivity index (χ1) is 14.7. The molecule has 0 unspecified atom stereocenters. The van der Waals surface area contributed by atoms with Gasteiger partial charge < -0.3 is 10.1 Å². The van der Waals surface area contributed by atoms with Crippen molar-refractivity contribution in [3.63, 3.8) is 0 Å². The highest BCUT2D eigenvalue weighted by atomic mass is 16.5. The molecule has 3 fully saturated rings. The summed E-state index contributed by atoms with van der Waals surface area (Å²) in [5.41, 5.74) is 2.66. The molecule has 1 aromatic rings. The van der Waals surface area contributed by atoms with Crippen LogP contribution in [0.5, 0.6) is 0 Å². The smallest absolute Gasteiger partial charge is 0.330 e. The number of anilines is 1. The molecule has 3 amide bonds. The fourth-order valence-corrected chi connectivity index (χ4v) is 5.85. The quantitative estimate of drug-likeness (QED) is 0.558. The summed E-state index contributed by atoms with van der Waals surface area (Å²) >= 11 is 0. The van der Waals surface area contributed by atoms with Gasteiger partial charge in [0, 0.05) is 5.69 Å². The van der Waals surface area contributed by atoms with Gasteiger partial charge in [-0.3, -0.25) is 19.3 Å². The molecule has 2 aliphatic carbocycles. The van der Waals surface area contributed by atoms with E-state index in [2.05, 4.69) is 5.32 Å². The molecule has 1 aromatic carbocycles. The number of amides is 3. The van der Waals surface area contributed by atoms with Gasteiger partial charge in [-0.2, -0.15) is 0 Å². The molecule has 31 heavy (non-hydrogen) atoms. The monoisotopic (exact) mass is 426 g/mol. The van der Waals surface area contributed by atoms with E-state index in [1.165, 1.54) is 0 Å². The molecule has 2 saturated carbocycles. The van der Waals surface area contributed by atoms with Crippen LogP contribution in [0.4, 0.5) is 5.69 Å². The third-order valence-corrected chi connectivity index (χ3v) is 6.96. The first-order valence-corrected chi connectivity index (χ1v) is 11.1. The Morgan fingerprint density at radius 1 is 1.03 bits per heavy atom. The molecule has 3 aliphatic rings. The van der Waals surface area contributed by atoms with Gasteiger partial charge in [0.2, 0.25) is 11.8 Å². The summed E-state index contributed by atoms with van der Waals surface area (Å²) < 4.78 is 5.26. The zero-order valence-electron chi connectivity index (χ0n) is 18.5. The van der Waals surface area contributed by atoms with E-state index < -0.39 is 24.5 Å². The van der Waals surface area contributed by atoms with Crippen LogP contribution < -0.4 is 5.32 Å². The minimum Gasteiger partial charge on any atom is -0.454 e. The molecule has 1 heterocycles. The largest absolute Gasteiger partial charge is 0.454 e. The standard InChI is InChI=1S/C24H30N2O5/c1-12(2)21(26-22(28)19-15-5-6-16(10-15)20(19)23(26)29)24(30)31-11-18(27)25-17-8-13(3)7-14(4)9-17/h7-9,12,15-16,19-21H,5-6,10-11H2,1-4H3,(H,25,27)/t15-,16+,19-,20-,21+/m0/s1. The first-order valence-electron chi connectivity index (χ1n) is 11.1. The van der Waals surface area contributed by atoms with E-state index >= 15 is 0 Å². The van der Waals surface area contributed by atoms with E-state index in [-0.39, 0.29) is 41.4 Å². The van der Waals surface area contributed by atoms with Crippen LogP contribution in [0.2, 0.25) is 0 Å². The predicted molar refractivity (Wildman–Crippen MR) is 114 cm³/mol. The average molecular weight is 427 g/mol. The summed E-state index contributed by atoms with van der Waals surface area (Å²) in [5, 5.41) is 2.72. The van der Waals surface area contributed by atoms with Gasteiger partial charge in [-0.05, 0) is 74.1 Å². The third-order valence-electron chi connectivity index (χ3n) is 6.96. The second kappa shape index (κ2) is 8.09. The highest BCUT2D eigenvalue weighted by Gasteiger charge is 2.62. The van der Waals surface area contributed by atoms with Crippen LogP contribution in [-0.4, -0.2) is 41.2 Å². The van der Waals surface area contributed by atoms with Crippen LogP contribution in [0.25, 0.3) is 0 Å². The Bertz CT molecular complexity index is 892. The maximum Gasteiger partial charge on any atom is 0.330 e. The number of nitrogens with one attached hydrogen (secondary N) is 1. The lowest BCUT2D eigenvalue weighted by Crippen LogP contribution is -2.50. The highest BCUT2D eigenvalue weighted by Crippen LogP contribution is 2.56. The fourth-order valence-electron chi connectivity index (χ4n) is 5.85. The molecule has 1 aliphatic heterocycles. The Kier molecular flexibility index (Phi) is 5.62. The predicted octanol–water partition coefficient (Wildman–Crippen LogP) is 2.84. The van der Waals surface area contributed by atoms with Crippen molar-refractivity contribution in [2.75, 3.05) is 11.9 Å². The normalized spacial score (nSPS) is 27.6. The number of nitrogens with zero attached hydrogens (tertiary/aromatic N) is 1. The van der Waals surface area contributed by atoms with Crippen molar-refractivity contribution < 1.29 is 23.9 Å². The second-order valence-corrected chi connectivity index (χ2v) is 9.65. The molecule has 1 saturated heterocycles. The van der Waals surface area contributed by atoms with Crippen LogP contribution in [-0.2, 0) is 23.9 Å². The van der Waals surface area contributed by atoms with Gasteiger partial charge in [0.25, 0.3) is 5.91 Å². The van der Waals surface area contributed by atoms with E-state index in [4.69, 9.17) is 4.74 Å². The Morgan fingerprint density at radius 2 is 1.58 bits per heavy atom. The van der Waals surface area contributed by atoms with Crippen molar-refractivity contribution in [2.24, 2.45) is 29.6 Å². The number of likely N-dealkylation sites (tertiary alicyclic amines) is 1. The Morgan fingerprint density at radius 3 is 2.10 bits per heavy atom. The van der Waals surface area contributed by atoms with Crippen molar-refractivity contribution in [3.05, 3.63) is 29.3 Å². The first kappa shape index (κ1) is 21.5. The number of carbonyl (C=O) groups excluding carboxylic acids is 4. The van der Waals surface area contributed by atoms with Gasteiger partial charge in [-0.15, -0.1) is 0 Å². The number of carbonyl (C=O) groups is 4. The number of aryl methyl sites for hydroxylation is 2. The minimum absolute atomic E-state index is 0.238. The molecule has 4 rings (SSSR count). The SMILES string of the molecule is Cc1cc(C)cc(NC(=O)COC(=O)[C@@H](C(C)C)N2C(=O)[C@H]3[C@@H]4CC[C@@H](C4)[C@@H]3C2=O)c1. The minimum atomic E-state index is -1.00. The fraction of sp³-hybridized carbons (Fsp3) is 0.583. The maximum absolute atomic E-state index is 13.1. The molecule has 2 bridgehead atoms. The van der Waals surface area contributed by atoms with E-state index in [1.54, 1.807) is 13.8 Å². The number of fused-ring (bicyclic) bond motifs is 5. The lowest BCUT2D eigenvalue weighted by molar-refractivity contribution is -0.162. The van der Waals surface area contributed by atoms with Crippen LogP contribution in [0.15, 0.2) is 18.2 Å². The average Bonchev–Trinajstić information content (AvgIpc) is 3.35. The Balaban J connectivity index is 1.42. The van der Waals surface area contributed by atoms with Crippen LogP contribution in [0.3, 0.4) is 0 Å². The molecule has 7 heteroatoms. The molecule has 166 valence electrons. The second-order valence-electron chi connectivity index (χ2n) is 9.65. The summed E-state index contributed by atoms with van der Waals surface area (Å²) in [6.07, 6.45) is 2.90. The number of hydrogen-bond donors (Lipinski definition) is 1. The number of hydrogen-bond acceptors (Lipinski definition) is 5. The van der Waals surface area contributed by atoms with E-state index in [1.807, 2.05) is 32.0 Å². The van der Waals surface area contributed by atoms with Gasteiger partial charge in [-0.1, -0.05) is 19.9 Å². The highest BCUT2D eigenvalue weighted by molar-refractivity contribution is 6.08. The molecule has 5 atom stereocenters. The van der Waals surface area contributed by atoms with Crippen molar-refractivity contribution in [2.45, 2.75) is 53.0 Å². The number of rotatable bonds is 6. The van der Waals surface area contributed by atoms with E-state index in [0.717, 1.165) is 35.3 Å². The summed E-state index contributed by atoms with van der Waals surface area (Å²) in [6, 6.07) is 4.66. The number of benzene rings is 1. The summed E-state index contributed by atoms with van der Waals surface area (Å²) in [5.74, 6) is -2.02. The Hall–Kier alpha value is -2.70. The molecule has 0 aromatic heterocycles. The summed E-state index contributed by atoms with van der Waals surface area (Å²) in [6.45, 7) is 6.96. The molecular weight excluding hydrogens is 396 g/mol. The lowest BCUT2D eigenvalue weighted by Gasteiger charge is -2.28. The number of esters is 1. The molecule has 0 radical (unpaired) electrons. The molecule has 0 spiro atoms. The summed E-state index contributed by atoms with van der Waals surface area (Å²) in [4.78, 5) is 52.5. The van der Waals surface area contributed by atoms with Gasteiger partial charge in [0.05, 0.1) is 11.8 Å². The van der Waals surface area contributed by atoms with Gasteiger partial charge in [0.15, 0.2) is 6.61 Å². The van der Waals surface area contributed by atoms with Gasteiger partial charge >= 0.3 is 5.97 Å². The Labute approximate surface area is 182 Å². The van der Waals surface area contributed by atoms with Crippen LogP contribution in [0, 0.1) is 43.4 Å². The van der Waals surface area contributed by atoms with Gasteiger partial charge in [-0.25, -0.2) is 4.79 Å². The van der Waals surface area contributed by atoms with Crippen molar-refractivity contribution >= 4 is 29.4 Å². The van der Waals surface area contributed by atoms with Crippen LogP contribution >= 0.6 is 0 Å². The molecular formula is C24H30N2O5.